The van der Waals surface area contributed by atoms with E-state index >= 15 is 0 Å². The van der Waals surface area contributed by atoms with E-state index in [9.17, 15) is 4.79 Å². The highest BCUT2D eigenvalue weighted by atomic mass is 16.4. The molecule has 2 aliphatic carbocycles. The van der Waals surface area contributed by atoms with E-state index in [4.69, 9.17) is 10.8 Å². The first-order chi connectivity index (χ1) is 6.93. The number of carboxylic acid groups (broad SMARTS) is 1. The lowest BCUT2D eigenvalue weighted by Crippen LogP contribution is -2.49. The minimum absolute atomic E-state index is 0.190. The van der Waals surface area contributed by atoms with Crippen LogP contribution in [0.25, 0.3) is 0 Å². The lowest BCUT2D eigenvalue weighted by molar-refractivity contribution is -0.149. The lowest BCUT2D eigenvalue weighted by atomic mass is 9.72. The standard InChI is InChI=1S/C12H21NO2/c1-12(2,11(14)15)10(13)9-6-7-3-4-8(9)5-7/h7-10H,3-6,13H2,1-2H3,(H,14,15). The van der Waals surface area contributed by atoms with Gasteiger partial charge in [0.15, 0.2) is 0 Å². The highest BCUT2D eigenvalue weighted by Gasteiger charge is 2.48. The number of hydrogen-bond donors (Lipinski definition) is 2. The molecule has 86 valence electrons. The SMILES string of the molecule is CC(C)(C(=O)O)C(N)C1CC2CCC1C2. The summed E-state index contributed by atoms with van der Waals surface area (Å²) in [6.07, 6.45) is 5.04. The number of carboxylic acids is 1. The predicted molar refractivity (Wildman–Crippen MR) is 58.3 cm³/mol. The zero-order chi connectivity index (χ0) is 11.2. The molecule has 3 heteroatoms. The van der Waals surface area contributed by atoms with Gasteiger partial charge in [-0.1, -0.05) is 6.42 Å². The van der Waals surface area contributed by atoms with Crippen LogP contribution in [0.2, 0.25) is 0 Å². The van der Waals surface area contributed by atoms with Gasteiger partial charge in [-0.25, -0.2) is 0 Å². The quantitative estimate of drug-likeness (QED) is 0.749. The average molecular weight is 211 g/mol. The van der Waals surface area contributed by atoms with Crippen molar-refractivity contribution in [3.63, 3.8) is 0 Å². The molecule has 0 saturated heterocycles. The Morgan fingerprint density at radius 3 is 2.47 bits per heavy atom. The molecule has 4 unspecified atom stereocenters. The normalized spacial score (nSPS) is 36.9. The van der Waals surface area contributed by atoms with Crippen molar-refractivity contribution in [2.45, 2.75) is 45.6 Å². The largest absolute Gasteiger partial charge is 0.481 e. The van der Waals surface area contributed by atoms with Crippen LogP contribution in [0.4, 0.5) is 0 Å². The van der Waals surface area contributed by atoms with Crippen molar-refractivity contribution in [1.82, 2.24) is 0 Å². The molecule has 3 nitrogen and oxygen atoms in total. The predicted octanol–water partition coefficient (Wildman–Crippen LogP) is 1.86. The van der Waals surface area contributed by atoms with Crippen LogP contribution < -0.4 is 5.73 Å². The second-order valence-electron chi connectivity index (χ2n) is 5.89. The van der Waals surface area contributed by atoms with E-state index in [1.54, 1.807) is 13.8 Å². The number of rotatable bonds is 3. The van der Waals surface area contributed by atoms with Gasteiger partial charge in [0.25, 0.3) is 0 Å². The molecular formula is C12H21NO2. The minimum Gasteiger partial charge on any atom is -0.481 e. The topological polar surface area (TPSA) is 63.3 Å². The summed E-state index contributed by atoms with van der Waals surface area (Å²) >= 11 is 0. The molecular weight excluding hydrogens is 190 g/mol. The Hall–Kier alpha value is -0.570. The second kappa shape index (κ2) is 3.48. The smallest absolute Gasteiger partial charge is 0.310 e. The molecule has 3 N–H and O–H groups in total. The molecule has 0 spiro atoms. The van der Waals surface area contributed by atoms with E-state index in [-0.39, 0.29) is 6.04 Å². The van der Waals surface area contributed by atoms with Gasteiger partial charge in [-0.3, -0.25) is 4.79 Å². The molecule has 4 atom stereocenters. The molecule has 0 aliphatic heterocycles. The molecule has 2 fully saturated rings. The Balaban J connectivity index is 2.08. The van der Waals surface area contributed by atoms with Crippen LogP contribution in [0, 0.1) is 23.2 Å². The molecule has 2 saturated carbocycles. The van der Waals surface area contributed by atoms with E-state index in [0.29, 0.717) is 11.8 Å². The van der Waals surface area contributed by atoms with Crippen molar-refractivity contribution < 1.29 is 9.90 Å². The maximum atomic E-state index is 11.1. The van der Waals surface area contributed by atoms with E-state index in [0.717, 1.165) is 12.3 Å². The average Bonchev–Trinajstić information content (AvgIpc) is 2.76. The van der Waals surface area contributed by atoms with Crippen molar-refractivity contribution in [3.8, 4) is 0 Å². The summed E-state index contributed by atoms with van der Waals surface area (Å²) in [5.41, 5.74) is 5.38. The van der Waals surface area contributed by atoms with E-state index < -0.39 is 11.4 Å². The van der Waals surface area contributed by atoms with Gasteiger partial charge in [-0.2, -0.15) is 0 Å². The van der Waals surface area contributed by atoms with Crippen molar-refractivity contribution in [1.29, 1.82) is 0 Å². The van der Waals surface area contributed by atoms with Crippen molar-refractivity contribution in [2.24, 2.45) is 28.9 Å². The minimum atomic E-state index is -0.783. The summed E-state index contributed by atoms with van der Waals surface area (Å²) in [6.45, 7) is 3.51. The summed E-state index contributed by atoms with van der Waals surface area (Å²) < 4.78 is 0. The van der Waals surface area contributed by atoms with Gasteiger partial charge in [0.1, 0.15) is 0 Å². The molecule has 2 bridgehead atoms. The van der Waals surface area contributed by atoms with Gasteiger partial charge in [-0.05, 0) is 50.9 Å². The summed E-state index contributed by atoms with van der Waals surface area (Å²) in [4.78, 5) is 11.1. The molecule has 0 heterocycles. The third-order valence-corrected chi connectivity index (χ3v) is 4.64. The van der Waals surface area contributed by atoms with Crippen LogP contribution >= 0.6 is 0 Å². The van der Waals surface area contributed by atoms with Crippen LogP contribution in [-0.2, 0) is 4.79 Å². The lowest BCUT2D eigenvalue weighted by Gasteiger charge is -2.36. The second-order valence-corrected chi connectivity index (χ2v) is 5.89. The summed E-state index contributed by atoms with van der Waals surface area (Å²) in [5, 5.41) is 9.16. The molecule has 15 heavy (non-hydrogen) atoms. The molecule has 0 amide bonds. The Morgan fingerprint density at radius 1 is 1.40 bits per heavy atom. The molecule has 2 aliphatic rings. The summed E-state index contributed by atoms with van der Waals surface area (Å²) in [7, 11) is 0. The molecule has 0 aromatic carbocycles. The van der Waals surface area contributed by atoms with Gasteiger partial charge in [0, 0.05) is 6.04 Å². The fraction of sp³-hybridized carbons (Fsp3) is 0.917. The van der Waals surface area contributed by atoms with Crippen molar-refractivity contribution >= 4 is 5.97 Å². The molecule has 0 radical (unpaired) electrons. The third kappa shape index (κ3) is 1.67. The van der Waals surface area contributed by atoms with E-state index in [2.05, 4.69) is 0 Å². The van der Waals surface area contributed by atoms with Gasteiger partial charge in [0.2, 0.25) is 0 Å². The zero-order valence-corrected chi connectivity index (χ0v) is 9.57. The Labute approximate surface area is 91.0 Å². The fourth-order valence-corrected chi connectivity index (χ4v) is 3.41. The number of carbonyl (C=O) groups is 1. The Bertz CT molecular complexity index is 275. The van der Waals surface area contributed by atoms with Crippen molar-refractivity contribution in [2.75, 3.05) is 0 Å². The van der Waals surface area contributed by atoms with E-state index in [1.807, 2.05) is 0 Å². The van der Waals surface area contributed by atoms with Crippen LogP contribution in [0.1, 0.15) is 39.5 Å². The number of nitrogens with two attached hydrogens (primary N) is 1. The van der Waals surface area contributed by atoms with Gasteiger partial charge in [-0.15, -0.1) is 0 Å². The first kappa shape index (κ1) is 10.9. The zero-order valence-electron chi connectivity index (χ0n) is 9.57. The summed E-state index contributed by atoms with van der Waals surface area (Å²) in [6, 6.07) is -0.190. The maximum Gasteiger partial charge on any atom is 0.310 e. The van der Waals surface area contributed by atoms with Gasteiger partial charge in [0.05, 0.1) is 5.41 Å². The van der Waals surface area contributed by atoms with Crippen LogP contribution in [0.3, 0.4) is 0 Å². The number of aliphatic carboxylic acids is 1. The number of hydrogen-bond acceptors (Lipinski definition) is 2. The number of fused-ring (bicyclic) bond motifs is 2. The monoisotopic (exact) mass is 211 g/mol. The fourth-order valence-electron chi connectivity index (χ4n) is 3.41. The Kier molecular flexibility index (Phi) is 2.53. The molecule has 0 aromatic heterocycles. The first-order valence-electron chi connectivity index (χ1n) is 5.92. The van der Waals surface area contributed by atoms with Gasteiger partial charge < -0.3 is 10.8 Å². The maximum absolute atomic E-state index is 11.1. The first-order valence-corrected chi connectivity index (χ1v) is 5.92. The van der Waals surface area contributed by atoms with Gasteiger partial charge >= 0.3 is 5.97 Å². The van der Waals surface area contributed by atoms with Crippen LogP contribution in [0.5, 0.6) is 0 Å². The summed E-state index contributed by atoms with van der Waals surface area (Å²) in [5.74, 6) is 1.20. The van der Waals surface area contributed by atoms with Crippen LogP contribution in [-0.4, -0.2) is 17.1 Å². The molecule has 2 rings (SSSR count). The van der Waals surface area contributed by atoms with Crippen LogP contribution in [0.15, 0.2) is 0 Å². The Morgan fingerprint density at radius 2 is 2.07 bits per heavy atom. The van der Waals surface area contributed by atoms with E-state index in [1.165, 1.54) is 19.3 Å². The highest BCUT2D eigenvalue weighted by molar-refractivity contribution is 5.74. The third-order valence-electron chi connectivity index (χ3n) is 4.64. The highest BCUT2D eigenvalue weighted by Crippen LogP contribution is 2.51. The molecule has 0 aromatic rings. The van der Waals surface area contributed by atoms with Crippen molar-refractivity contribution in [3.05, 3.63) is 0 Å².